The molecule has 0 saturated carbocycles. The molecule has 0 bridgehead atoms. The number of aliphatic hydroxyl groups excluding tert-OH is 1. The number of aromatic nitrogens is 1. The Balaban J connectivity index is 2.14. The maximum Gasteiger partial charge on any atom is 0.244 e. The number of hydrogen-bond acceptors (Lipinski definition) is 4. The van der Waals surface area contributed by atoms with E-state index in [1.54, 1.807) is 30.6 Å². The number of nitrogens with zero attached hydrogens (tertiary/aromatic N) is 2. The molecule has 1 N–H and O–H groups in total. The van der Waals surface area contributed by atoms with E-state index in [0.29, 0.717) is 18.4 Å². The Morgan fingerprint density at radius 3 is 3.00 bits per heavy atom. The SMILES string of the molecule is O=S(=O)(c1cccc2cnccc12)N1CCC[C@H]1CO. The third-order valence-corrected chi connectivity index (χ3v) is 5.77. The molecule has 2 aromatic rings. The number of pyridine rings is 1. The molecule has 0 unspecified atom stereocenters. The fourth-order valence-corrected chi connectivity index (χ4v) is 4.65. The molecule has 1 aromatic heterocycles. The van der Waals surface area contributed by atoms with Gasteiger partial charge in [-0.3, -0.25) is 4.98 Å². The highest BCUT2D eigenvalue weighted by Gasteiger charge is 2.35. The second-order valence-electron chi connectivity index (χ2n) is 4.95. The third-order valence-electron chi connectivity index (χ3n) is 3.76. The molecule has 20 heavy (non-hydrogen) atoms. The van der Waals surface area contributed by atoms with Gasteiger partial charge in [-0.15, -0.1) is 0 Å². The number of benzene rings is 1. The Labute approximate surface area is 117 Å². The van der Waals surface area contributed by atoms with E-state index in [4.69, 9.17) is 0 Å². The molecule has 1 atom stereocenters. The Morgan fingerprint density at radius 2 is 2.20 bits per heavy atom. The molecular formula is C14H16N2O3S. The van der Waals surface area contributed by atoms with Crippen LogP contribution in [0.4, 0.5) is 0 Å². The lowest BCUT2D eigenvalue weighted by atomic mass is 10.2. The van der Waals surface area contributed by atoms with Crippen molar-refractivity contribution in [1.29, 1.82) is 0 Å². The van der Waals surface area contributed by atoms with Crippen molar-refractivity contribution in [3.8, 4) is 0 Å². The first-order valence-corrected chi connectivity index (χ1v) is 8.04. The predicted octanol–water partition coefficient (Wildman–Crippen LogP) is 1.38. The summed E-state index contributed by atoms with van der Waals surface area (Å²) in [6, 6.07) is 6.59. The van der Waals surface area contributed by atoms with Crippen molar-refractivity contribution in [2.24, 2.45) is 0 Å². The highest BCUT2D eigenvalue weighted by atomic mass is 32.2. The molecule has 0 amide bonds. The molecule has 5 nitrogen and oxygen atoms in total. The molecule has 3 rings (SSSR count). The minimum absolute atomic E-state index is 0.133. The van der Waals surface area contributed by atoms with E-state index in [-0.39, 0.29) is 17.5 Å². The van der Waals surface area contributed by atoms with Gasteiger partial charge in [-0.2, -0.15) is 4.31 Å². The number of sulfonamides is 1. The topological polar surface area (TPSA) is 70.5 Å². The van der Waals surface area contributed by atoms with Crippen molar-refractivity contribution in [2.45, 2.75) is 23.8 Å². The zero-order valence-electron chi connectivity index (χ0n) is 10.9. The Morgan fingerprint density at radius 1 is 1.35 bits per heavy atom. The second-order valence-corrected chi connectivity index (χ2v) is 6.81. The predicted molar refractivity (Wildman–Crippen MR) is 75.7 cm³/mol. The van der Waals surface area contributed by atoms with Crippen LogP contribution in [0.15, 0.2) is 41.6 Å². The van der Waals surface area contributed by atoms with Gasteiger partial charge in [0.25, 0.3) is 0 Å². The van der Waals surface area contributed by atoms with Gasteiger partial charge in [-0.25, -0.2) is 8.42 Å². The van der Waals surface area contributed by atoms with Gasteiger partial charge in [0.05, 0.1) is 11.5 Å². The Hall–Kier alpha value is -1.50. The van der Waals surface area contributed by atoms with Crippen LogP contribution in [0.1, 0.15) is 12.8 Å². The van der Waals surface area contributed by atoms with Gasteiger partial charge in [0, 0.05) is 35.8 Å². The number of hydrogen-bond donors (Lipinski definition) is 1. The van der Waals surface area contributed by atoms with E-state index >= 15 is 0 Å². The van der Waals surface area contributed by atoms with Gasteiger partial charge < -0.3 is 5.11 Å². The molecule has 106 valence electrons. The molecule has 1 saturated heterocycles. The van der Waals surface area contributed by atoms with Crippen LogP contribution in [0, 0.1) is 0 Å². The molecule has 0 spiro atoms. The zero-order chi connectivity index (χ0) is 14.2. The standard InChI is InChI=1S/C14H16N2O3S/c17-10-12-4-2-8-16(12)20(18,19)14-5-1-3-11-9-15-7-6-13(11)14/h1,3,5-7,9,12,17H,2,4,8,10H2/t12-/m0/s1. The van der Waals surface area contributed by atoms with Crippen molar-refractivity contribution in [1.82, 2.24) is 9.29 Å². The summed E-state index contributed by atoms with van der Waals surface area (Å²) in [5.74, 6) is 0. The molecule has 6 heteroatoms. The molecule has 1 aliphatic rings. The van der Waals surface area contributed by atoms with E-state index in [1.807, 2.05) is 6.07 Å². The summed E-state index contributed by atoms with van der Waals surface area (Å²) in [5.41, 5.74) is 0. The molecular weight excluding hydrogens is 276 g/mol. The molecule has 1 aliphatic heterocycles. The van der Waals surface area contributed by atoms with E-state index < -0.39 is 10.0 Å². The van der Waals surface area contributed by atoms with Crippen LogP contribution in [0.5, 0.6) is 0 Å². The van der Waals surface area contributed by atoms with E-state index in [2.05, 4.69) is 4.98 Å². The van der Waals surface area contributed by atoms with Crippen LogP contribution in [0.25, 0.3) is 10.8 Å². The van der Waals surface area contributed by atoms with Crippen LogP contribution < -0.4 is 0 Å². The van der Waals surface area contributed by atoms with Crippen molar-refractivity contribution < 1.29 is 13.5 Å². The first-order chi connectivity index (χ1) is 9.64. The zero-order valence-corrected chi connectivity index (χ0v) is 11.8. The van der Waals surface area contributed by atoms with E-state index in [0.717, 1.165) is 11.8 Å². The summed E-state index contributed by atoms with van der Waals surface area (Å²) in [7, 11) is -3.58. The van der Waals surface area contributed by atoms with Crippen LogP contribution in [-0.4, -0.2) is 42.0 Å². The largest absolute Gasteiger partial charge is 0.395 e. The first-order valence-electron chi connectivity index (χ1n) is 6.60. The van der Waals surface area contributed by atoms with Gasteiger partial charge in [0.2, 0.25) is 10.0 Å². The lowest BCUT2D eigenvalue weighted by Crippen LogP contribution is -2.37. The monoisotopic (exact) mass is 292 g/mol. The van der Waals surface area contributed by atoms with Crippen molar-refractivity contribution in [3.63, 3.8) is 0 Å². The smallest absolute Gasteiger partial charge is 0.244 e. The molecule has 1 fully saturated rings. The van der Waals surface area contributed by atoms with Gasteiger partial charge in [0.15, 0.2) is 0 Å². The highest BCUT2D eigenvalue weighted by molar-refractivity contribution is 7.89. The van der Waals surface area contributed by atoms with E-state index in [9.17, 15) is 13.5 Å². The average molecular weight is 292 g/mol. The van der Waals surface area contributed by atoms with Gasteiger partial charge in [-0.1, -0.05) is 12.1 Å². The van der Waals surface area contributed by atoms with Crippen LogP contribution in [0.3, 0.4) is 0 Å². The maximum absolute atomic E-state index is 12.8. The average Bonchev–Trinajstić information content (AvgIpc) is 2.96. The molecule has 1 aromatic carbocycles. The normalized spacial score (nSPS) is 20.6. The van der Waals surface area contributed by atoms with Crippen molar-refractivity contribution in [3.05, 3.63) is 36.7 Å². The van der Waals surface area contributed by atoms with Crippen LogP contribution in [0.2, 0.25) is 0 Å². The highest BCUT2D eigenvalue weighted by Crippen LogP contribution is 2.29. The van der Waals surface area contributed by atoms with Gasteiger partial charge in [0.1, 0.15) is 0 Å². The third kappa shape index (κ3) is 2.09. The first kappa shape index (κ1) is 13.5. The van der Waals surface area contributed by atoms with E-state index in [1.165, 1.54) is 4.31 Å². The maximum atomic E-state index is 12.8. The molecule has 0 aliphatic carbocycles. The quantitative estimate of drug-likeness (QED) is 0.928. The summed E-state index contributed by atoms with van der Waals surface area (Å²) < 4.78 is 27.0. The summed E-state index contributed by atoms with van der Waals surface area (Å²) in [5, 5.41) is 10.8. The fourth-order valence-electron chi connectivity index (χ4n) is 2.75. The Bertz CT molecular complexity index is 725. The lowest BCUT2D eigenvalue weighted by Gasteiger charge is -2.23. The minimum atomic E-state index is -3.58. The van der Waals surface area contributed by atoms with Crippen LogP contribution in [-0.2, 0) is 10.0 Å². The molecule has 0 radical (unpaired) electrons. The summed E-state index contributed by atoms with van der Waals surface area (Å²) in [6.45, 7) is 0.334. The van der Waals surface area contributed by atoms with Gasteiger partial charge in [-0.05, 0) is 25.0 Å². The minimum Gasteiger partial charge on any atom is -0.395 e. The second kappa shape index (κ2) is 5.12. The summed E-state index contributed by atoms with van der Waals surface area (Å²) in [6.07, 6.45) is 4.75. The van der Waals surface area contributed by atoms with Gasteiger partial charge >= 0.3 is 0 Å². The lowest BCUT2D eigenvalue weighted by molar-refractivity contribution is 0.213. The number of rotatable bonds is 3. The fraction of sp³-hybridized carbons (Fsp3) is 0.357. The molecule has 2 heterocycles. The summed E-state index contributed by atoms with van der Waals surface area (Å²) >= 11 is 0. The number of fused-ring (bicyclic) bond motifs is 1. The van der Waals surface area contributed by atoms with Crippen LogP contribution >= 0.6 is 0 Å². The van der Waals surface area contributed by atoms with Crippen molar-refractivity contribution in [2.75, 3.05) is 13.2 Å². The van der Waals surface area contributed by atoms with Crippen molar-refractivity contribution >= 4 is 20.8 Å². The Kier molecular flexibility index (Phi) is 3.45. The summed E-state index contributed by atoms with van der Waals surface area (Å²) in [4.78, 5) is 4.31. The number of aliphatic hydroxyl groups is 1.